The van der Waals surface area contributed by atoms with Gasteiger partial charge in [-0.25, -0.2) is 0 Å². The van der Waals surface area contributed by atoms with Gasteiger partial charge in [0.2, 0.25) is 0 Å². The molecule has 1 aliphatic rings. The van der Waals surface area contributed by atoms with Crippen molar-refractivity contribution in [2.24, 2.45) is 0 Å². The highest BCUT2D eigenvalue weighted by Crippen LogP contribution is 2.37. The molecule has 0 saturated carbocycles. The topological polar surface area (TPSA) is 42.9 Å². The van der Waals surface area contributed by atoms with Crippen LogP contribution in [0.5, 0.6) is 0 Å². The van der Waals surface area contributed by atoms with Gasteiger partial charge in [-0.1, -0.05) is 72.4 Å². The van der Waals surface area contributed by atoms with Crippen molar-refractivity contribution in [1.82, 2.24) is 10.2 Å². The highest BCUT2D eigenvalue weighted by atomic mass is 32.2. The Hall–Kier alpha value is -2.98. The molecule has 1 heterocycles. The second-order valence-electron chi connectivity index (χ2n) is 6.65. The summed E-state index contributed by atoms with van der Waals surface area (Å²) in [5.41, 5.74) is 5.81. The van der Waals surface area contributed by atoms with Gasteiger partial charge in [0, 0.05) is 16.3 Å². The van der Waals surface area contributed by atoms with Crippen LogP contribution in [0.2, 0.25) is 0 Å². The first-order valence-corrected chi connectivity index (χ1v) is 9.86. The largest absolute Gasteiger partial charge is 0.293 e. The lowest BCUT2D eigenvalue weighted by atomic mass is 10.0. The molecule has 3 aromatic carbocycles. The molecule has 3 nitrogen and oxygen atoms in total. The van der Waals surface area contributed by atoms with E-state index in [4.69, 9.17) is 0 Å². The number of carbonyl (C=O) groups is 1. The number of nitrogens with zero attached hydrogens (tertiary/aromatic N) is 2. The number of aromatic nitrogens is 2. The number of hydrogen-bond acceptors (Lipinski definition) is 4. The highest BCUT2D eigenvalue weighted by molar-refractivity contribution is 8.00. The molecule has 0 atom stereocenters. The van der Waals surface area contributed by atoms with Crippen LogP contribution in [0.3, 0.4) is 0 Å². The standard InChI is InChI=1S/C23H16N2OS/c26-22(14-27-23-20-8-4-2-6-18(20)13-24-25-23)17-10-9-16-11-15-5-1-3-7-19(15)21(16)12-17/h1-10,12-13H,11,14H2. The Labute approximate surface area is 161 Å². The van der Waals surface area contributed by atoms with Crippen LogP contribution in [0.4, 0.5) is 0 Å². The van der Waals surface area contributed by atoms with Crippen LogP contribution in [0.1, 0.15) is 21.5 Å². The van der Waals surface area contributed by atoms with E-state index in [2.05, 4.69) is 40.5 Å². The second kappa shape index (κ2) is 6.63. The summed E-state index contributed by atoms with van der Waals surface area (Å²) in [6.07, 6.45) is 2.69. The molecular formula is C23H16N2OS. The van der Waals surface area contributed by atoms with E-state index < -0.39 is 0 Å². The molecule has 0 N–H and O–H groups in total. The van der Waals surface area contributed by atoms with Crippen molar-refractivity contribution in [3.8, 4) is 11.1 Å². The fourth-order valence-corrected chi connectivity index (χ4v) is 4.50. The van der Waals surface area contributed by atoms with Gasteiger partial charge >= 0.3 is 0 Å². The zero-order chi connectivity index (χ0) is 18.2. The fourth-order valence-electron chi connectivity index (χ4n) is 3.62. The van der Waals surface area contributed by atoms with Crippen LogP contribution in [0.15, 0.2) is 78.0 Å². The van der Waals surface area contributed by atoms with Crippen molar-refractivity contribution in [2.75, 3.05) is 5.75 Å². The number of fused-ring (bicyclic) bond motifs is 4. The van der Waals surface area contributed by atoms with E-state index in [0.717, 1.165) is 27.8 Å². The maximum absolute atomic E-state index is 12.8. The summed E-state index contributed by atoms with van der Waals surface area (Å²) in [4.78, 5) is 12.8. The van der Waals surface area contributed by atoms with E-state index >= 15 is 0 Å². The molecule has 0 unspecified atom stereocenters. The Kier molecular flexibility index (Phi) is 3.98. The van der Waals surface area contributed by atoms with Gasteiger partial charge in [-0.2, -0.15) is 5.10 Å². The van der Waals surface area contributed by atoms with Gasteiger partial charge in [0.1, 0.15) is 5.03 Å². The van der Waals surface area contributed by atoms with E-state index in [1.54, 1.807) is 6.20 Å². The number of Topliss-reactive ketones (excluding diaryl/α,β-unsaturated/α-hetero) is 1. The first-order valence-electron chi connectivity index (χ1n) is 8.87. The van der Waals surface area contributed by atoms with Crippen LogP contribution in [-0.2, 0) is 6.42 Å². The normalized spacial score (nSPS) is 12.0. The van der Waals surface area contributed by atoms with Crippen molar-refractivity contribution in [1.29, 1.82) is 0 Å². The van der Waals surface area contributed by atoms with Crippen LogP contribution in [-0.4, -0.2) is 21.7 Å². The zero-order valence-electron chi connectivity index (χ0n) is 14.6. The summed E-state index contributed by atoms with van der Waals surface area (Å²) in [5, 5.41) is 11.1. The summed E-state index contributed by atoms with van der Waals surface area (Å²) < 4.78 is 0. The fraction of sp³-hybridized carbons (Fsp3) is 0.0870. The lowest BCUT2D eigenvalue weighted by Gasteiger charge is -2.06. The first-order chi connectivity index (χ1) is 13.3. The van der Waals surface area contributed by atoms with Gasteiger partial charge in [0.15, 0.2) is 5.78 Å². The Morgan fingerprint density at radius 3 is 2.70 bits per heavy atom. The molecule has 1 aliphatic carbocycles. The third-order valence-corrected chi connectivity index (χ3v) is 5.98. The monoisotopic (exact) mass is 368 g/mol. The minimum atomic E-state index is 0.113. The summed E-state index contributed by atoms with van der Waals surface area (Å²) in [5.74, 6) is 0.463. The van der Waals surface area contributed by atoms with Crippen LogP contribution >= 0.6 is 11.8 Å². The molecule has 5 rings (SSSR count). The Morgan fingerprint density at radius 1 is 0.926 bits per heavy atom. The first kappa shape index (κ1) is 16.2. The molecule has 1 aromatic heterocycles. The number of benzene rings is 3. The van der Waals surface area contributed by atoms with Crippen molar-refractivity contribution >= 4 is 28.3 Å². The summed E-state index contributed by atoms with van der Waals surface area (Å²) in [7, 11) is 0. The van der Waals surface area contributed by atoms with E-state index in [1.165, 1.54) is 34.0 Å². The van der Waals surface area contributed by atoms with Crippen LogP contribution in [0.25, 0.3) is 21.9 Å². The Balaban J connectivity index is 1.40. The summed E-state index contributed by atoms with van der Waals surface area (Å²) >= 11 is 1.45. The van der Waals surface area contributed by atoms with Gasteiger partial charge < -0.3 is 0 Å². The average Bonchev–Trinajstić information content (AvgIpc) is 3.10. The molecule has 0 fully saturated rings. The number of ketones is 1. The molecule has 0 amide bonds. The van der Waals surface area contributed by atoms with Gasteiger partial charge in [-0.15, -0.1) is 5.10 Å². The van der Waals surface area contributed by atoms with E-state index in [-0.39, 0.29) is 5.78 Å². The van der Waals surface area contributed by atoms with Gasteiger partial charge in [-0.3, -0.25) is 4.79 Å². The predicted molar refractivity (Wildman–Crippen MR) is 109 cm³/mol. The summed E-state index contributed by atoms with van der Waals surface area (Å²) in [6.45, 7) is 0. The quantitative estimate of drug-likeness (QED) is 0.324. The Morgan fingerprint density at radius 2 is 1.74 bits per heavy atom. The molecule has 4 aromatic rings. The smallest absolute Gasteiger partial charge is 0.173 e. The SMILES string of the molecule is O=C(CSc1nncc2ccccc12)c1ccc2c(c1)-c1ccccc1C2. The highest BCUT2D eigenvalue weighted by Gasteiger charge is 2.19. The third-order valence-electron chi connectivity index (χ3n) is 5.00. The van der Waals surface area contributed by atoms with Crippen molar-refractivity contribution in [3.63, 3.8) is 0 Å². The maximum atomic E-state index is 12.8. The predicted octanol–water partition coefficient (Wildman–Crippen LogP) is 5.18. The van der Waals surface area contributed by atoms with E-state index in [0.29, 0.717) is 5.75 Å². The van der Waals surface area contributed by atoms with Gasteiger partial charge in [0.05, 0.1) is 11.9 Å². The van der Waals surface area contributed by atoms with Crippen LogP contribution in [0, 0.1) is 0 Å². The number of thioether (sulfide) groups is 1. The number of rotatable bonds is 4. The third kappa shape index (κ3) is 2.92. The molecule has 27 heavy (non-hydrogen) atoms. The van der Waals surface area contributed by atoms with Gasteiger partial charge in [-0.05, 0) is 34.7 Å². The van der Waals surface area contributed by atoms with Crippen molar-refractivity contribution in [3.05, 3.63) is 89.6 Å². The average molecular weight is 368 g/mol. The molecule has 0 radical (unpaired) electrons. The number of carbonyl (C=O) groups excluding carboxylic acids is 1. The lowest BCUT2D eigenvalue weighted by Crippen LogP contribution is -2.03. The molecule has 0 spiro atoms. The summed E-state index contributed by atoms with van der Waals surface area (Å²) in [6, 6.07) is 22.5. The maximum Gasteiger partial charge on any atom is 0.173 e. The molecule has 0 aliphatic heterocycles. The zero-order valence-corrected chi connectivity index (χ0v) is 15.4. The Bertz CT molecular complexity index is 1180. The van der Waals surface area contributed by atoms with E-state index in [9.17, 15) is 4.79 Å². The van der Waals surface area contributed by atoms with Crippen LogP contribution < -0.4 is 0 Å². The second-order valence-corrected chi connectivity index (χ2v) is 7.62. The molecule has 130 valence electrons. The van der Waals surface area contributed by atoms with Crippen molar-refractivity contribution < 1.29 is 4.79 Å². The molecule has 0 bridgehead atoms. The molecule has 0 saturated heterocycles. The molecular weight excluding hydrogens is 352 g/mol. The minimum Gasteiger partial charge on any atom is -0.293 e. The number of hydrogen-bond donors (Lipinski definition) is 0. The van der Waals surface area contributed by atoms with Gasteiger partial charge in [0.25, 0.3) is 0 Å². The lowest BCUT2D eigenvalue weighted by molar-refractivity contribution is 0.102. The molecule has 4 heteroatoms. The van der Waals surface area contributed by atoms with Crippen molar-refractivity contribution in [2.45, 2.75) is 11.4 Å². The van der Waals surface area contributed by atoms with E-state index in [1.807, 2.05) is 36.4 Å². The minimum absolute atomic E-state index is 0.113.